The van der Waals surface area contributed by atoms with Gasteiger partial charge in [0.2, 0.25) is 5.91 Å². The molecule has 1 atom stereocenters. The average molecular weight is 470 g/mol. The number of ether oxygens (including phenoxy) is 2. The molecule has 0 unspecified atom stereocenters. The standard InChI is InChI=1S/C29H31N3O3/c1-21-9-3-6-12-27(21)35-18-8-7-17-31-26-11-5-4-10-25(26)30-29(31)22-19-28(33)32(20-22)23-13-15-24(34-2)16-14-23/h3-6,9-16,22H,7-8,17-20H2,1-2H3/t22-/m1/s1. The lowest BCUT2D eigenvalue weighted by molar-refractivity contribution is -0.117. The van der Waals surface area contributed by atoms with Gasteiger partial charge in [0.25, 0.3) is 0 Å². The quantitative estimate of drug-likeness (QED) is 0.294. The molecule has 0 spiro atoms. The Hall–Kier alpha value is -3.80. The van der Waals surface area contributed by atoms with Crippen LogP contribution >= 0.6 is 0 Å². The second kappa shape index (κ2) is 10.2. The minimum absolute atomic E-state index is 0.0558. The molecule has 35 heavy (non-hydrogen) atoms. The Balaban J connectivity index is 1.29. The van der Waals surface area contributed by atoms with Crippen molar-refractivity contribution in [3.63, 3.8) is 0 Å². The van der Waals surface area contributed by atoms with Crippen LogP contribution in [-0.4, -0.2) is 35.7 Å². The fourth-order valence-corrected chi connectivity index (χ4v) is 4.81. The molecule has 3 aromatic carbocycles. The van der Waals surface area contributed by atoms with Crippen LogP contribution in [-0.2, 0) is 11.3 Å². The molecule has 1 aromatic heterocycles. The van der Waals surface area contributed by atoms with E-state index >= 15 is 0 Å². The lowest BCUT2D eigenvalue weighted by atomic mass is 10.1. The van der Waals surface area contributed by atoms with Crippen molar-refractivity contribution in [3.05, 3.63) is 84.2 Å². The molecule has 0 saturated carbocycles. The highest BCUT2D eigenvalue weighted by molar-refractivity contribution is 5.96. The number of benzene rings is 3. The van der Waals surface area contributed by atoms with Crippen molar-refractivity contribution in [2.75, 3.05) is 25.2 Å². The molecule has 180 valence electrons. The predicted octanol–water partition coefficient (Wildman–Crippen LogP) is 5.73. The van der Waals surface area contributed by atoms with Crippen molar-refractivity contribution >= 4 is 22.6 Å². The Kier molecular flexibility index (Phi) is 6.70. The highest BCUT2D eigenvalue weighted by Crippen LogP contribution is 2.34. The molecule has 4 aromatic rings. The number of aromatic nitrogens is 2. The maximum absolute atomic E-state index is 12.9. The van der Waals surface area contributed by atoms with Gasteiger partial charge in [-0.1, -0.05) is 30.3 Å². The maximum Gasteiger partial charge on any atom is 0.227 e. The number of methoxy groups -OCH3 is 1. The van der Waals surface area contributed by atoms with E-state index in [0.29, 0.717) is 19.6 Å². The highest BCUT2D eigenvalue weighted by Gasteiger charge is 2.34. The van der Waals surface area contributed by atoms with E-state index in [-0.39, 0.29) is 11.8 Å². The SMILES string of the molecule is COc1ccc(N2C[C@H](c3nc4ccccc4n3CCCCOc3ccccc3C)CC2=O)cc1. The number of nitrogens with zero attached hydrogens (tertiary/aromatic N) is 3. The number of unbranched alkanes of at least 4 members (excludes halogenated alkanes) is 1. The summed E-state index contributed by atoms with van der Waals surface area (Å²) in [6.07, 6.45) is 2.38. The van der Waals surface area contributed by atoms with Gasteiger partial charge in [0, 0.05) is 31.1 Å². The van der Waals surface area contributed by atoms with E-state index in [1.54, 1.807) is 7.11 Å². The molecule has 5 rings (SSSR count). The van der Waals surface area contributed by atoms with Gasteiger partial charge in [-0.2, -0.15) is 0 Å². The number of imidazole rings is 1. The Morgan fingerprint density at radius 1 is 0.971 bits per heavy atom. The van der Waals surface area contributed by atoms with Crippen LogP contribution < -0.4 is 14.4 Å². The number of anilines is 1. The van der Waals surface area contributed by atoms with Crippen molar-refractivity contribution in [3.8, 4) is 11.5 Å². The van der Waals surface area contributed by atoms with E-state index in [1.807, 2.05) is 53.4 Å². The summed E-state index contributed by atoms with van der Waals surface area (Å²) >= 11 is 0. The molecule has 0 radical (unpaired) electrons. The van der Waals surface area contributed by atoms with Crippen LogP contribution in [0.25, 0.3) is 11.0 Å². The zero-order valence-electron chi connectivity index (χ0n) is 20.3. The zero-order chi connectivity index (χ0) is 24.2. The van der Waals surface area contributed by atoms with Gasteiger partial charge in [-0.15, -0.1) is 0 Å². The molecule has 6 heteroatoms. The zero-order valence-corrected chi connectivity index (χ0v) is 20.3. The molecule has 2 heterocycles. The summed E-state index contributed by atoms with van der Waals surface area (Å²) in [6, 6.07) is 24.0. The number of amides is 1. The molecule has 1 amide bonds. The van der Waals surface area contributed by atoms with E-state index in [4.69, 9.17) is 14.5 Å². The first-order valence-corrected chi connectivity index (χ1v) is 12.2. The summed E-state index contributed by atoms with van der Waals surface area (Å²) in [6.45, 7) is 4.22. The topological polar surface area (TPSA) is 56.6 Å². The van der Waals surface area contributed by atoms with Gasteiger partial charge in [-0.05, 0) is 67.8 Å². The van der Waals surface area contributed by atoms with Gasteiger partial charge in [0.15, 0.2) is 0 Å². The Labute approximate surface area is 206 Å². The van der Waals surface area contributed by atoms with Crippen LogP contribution in [0.4, 0.5) is 5.69 Å². The number of hydrogen-bond donors (Lipinski definition) is 0. The maximum atomic E-state index is 12.9. The summed E-state index contributed by atoms with van der Waals surface area (Å²) in [5.74, 6) is 2.91. The summed E-state index contributed by atoms with van der Waals surface area (Å²) in [7, 11) is 1.64. The normalized spacial score (nSPS) is 15.7. The summed E-state index contributed by atoms with van der Waals surface area (Å²) < 4.78 is 13.5. The third kappa shape index (κ3) is 4.87. The highest BCUT2D eigenvalue weighted by atomic mass is 16.5. The van der Waals surface area contributed by atoms with Gasteiger partial charge in [0.1, 0.15) is 17.3 Å². The molecule has 1 fully saturated rings. The smallest absolute Gasteiger partial charge is 0.227 e. The van der Waals surface area contributed by atoms with Gasteiger partial charge in [-0.25, -0.2) is 4.98 Å². The molecule has 0 aliphatic carbocycles. The largest absolute Gasteiger partial charge is 0.497 e. The molecule has 0 N–H and O–H groups in total. The first-order valence-electron chi connectivity index (χ1n) is 12.2. The van der Waals surface area contributed by atoms with E-state index in [9.17, 15) is 4.79 Å². The van der Waals surface area contributed by atoms with Gasteiger partial charge in [-0.3, -0.25) is 4.79 Å². The third-order valence-electron chi connectivity index (χ3n) is 6.69. The van der Waals surface area contributed by atoms with Gasteiger partial charge in [0.05, 0.1) is 24.8 Å². The minimum Gasteiger partial charge on any atom is -0.497 e. The van der Waals surface area contributed by atoms with Crippen molar-refractivity contribution in [1.29, 1.82) is 0 Å². The third-order valence-corrected chi connectivity index (χ3v) is 6.69. The van der Waals surface area contributed by atoms with Crippen LogP contribution in [0.1, 0.15) is 36.6 Å². The Morgan fingerprint density at radius 3 is 2.54 bits per heavy atom. The van der Waals surface area contributed by atoms with Crippen LogP contribution in [0.3, 0.4) is 0 Å². The van der Waals surface area contributed by atoms with E-state index < -0.39 is 0 Å². The number of para-hydroxylation sites is 3. The molecule has 1 aliphatic rings. The van der Waals surface area contributed by atoms with Crippen LogP contribution in [0.5, 0.6) is 11.5 Å². The van der Waals surface area contributed by atoms with Crippen molar-refractivity contribution in [1.82, 2.24) is 9.55 Å². The molecule has 1 aliphatic heterocycles. The molecule has 6 nitrogen and oxygen atoms in total. The molecule has 1 saturated heterocycles. The van der Waals surface area contributed by atoms with E-state index in [1.165, 1.54) is 0 Å². The van der Waals surface area contributed by atoms with Crippen molar-refractivity contribution < 1.29 is 14.3 Å². The Bertz CT molecular complexity index is 1310. The van der Waals surface area contributed by atoms with Gasteiger partial charge >= 0.3 is 0 Å². The fourth-order valence-electron chi connectivity index (χ4n) is 4.81. The second-order valence-corrected chi connectivity index (χ2v) is 9.03. The number of fused-ring (bicyclic) bond motifs is 1. The lowest BCUT2D eigenvalue weighted by Gasteiger charge is -2.18. The second-order valence-electron chi connectivity index (χ2n) is 9.03. The van der Waals surface area contributed by atoms with Crippen molar-refractivity contribution in [2.24, 2.45) is 0 Å². The molecule has 0 bridgehead atoms. The first kappa shape index (κ1) is 23.0. The van der Waals surface area contributed by atoms with Crippen LogP contribution in [0, 0.1) is 6.92 Å². The fraction of sp³-hybridized carbons (Fsp3) is 0.310. The van der Waals surface area contributed by atoms with Crippen LogP contribution in [0.15, 0.2) is 72.8 Å². The summed E-state index contributed by atoms with van der Waals surface area (Å²) in [5.41, 5.74) is 4.16. The van der Waals surface area contributed by atoms with Crippen LogP contribution in [0.2, 0.25) is 0 Å². The molecular formula is C29H31N3O3. The number of carbonyl (C=O) groups is 1. The minimum atomic E-state index is 0.0558. The number of carbonyl (C=O) groups excluding carboxylic acids is 1. The van der Waals surface area contributed by atoms with E-state index in [0.717, 1.165) is 59.0 Å². The van der Waals surface area contributed by atoms with E-state index in [2.05, 4.69) is 35.8 Å². The van der Waals surface area contributed by atoms with Crippen molar-refractivity contribution in [2.45, 2.75) is 38.6 Å². The number of hydrogen-bond acceptors (Lipinski definition) is 4. The summed E-state index contributed by atoms with van der Waals surface area (Å²) in [4.78, 5) is 19.8. The van der Waals surface area contributed by atoms with Gasteiger partial charge < -0.3 is 18.9 Å². The Morgan fingerprint density at radius 2 is 1.74 bits per heavy atom. The lowest BCUT2D eigenvalue weighted by Crippen LogP contribution is -2.24. The molecular weight excluding hydrogens is 438 g/mol. The average Bonchev–Trinajstić information content (AvgIpc) is 3.45. The first-order chi connectivity index (χ1) is 17.1. The number of rotatable bonds is 9. The monoisotopic (exact) mass is 469 g/mol. The predicted molar refractivity (Wildman–Crippen MR) is 138 cm³/mol. The number of aryl methyl sites for hydroxylation is 2. The summed E-state index contributed by atoms with van der Waals surface area (Å²) in [5, 5.41) is 0.